The first kappa shape index (κ1) is 20.3. The third-order valence-corrected chi connectivity index (χ3v) is 5.35. The molecule has 0 N–H and O–H groups in total. The molecule has 1 aliphatic heterocycles. The van der Waals surface area contributed by atoms with Crippen LogP contribution in [0.25, 0.3) is 22.9 Å². The van der Waals surface area contributed by atoms with Crippen molar-refractivity contribution in [2.75, 3.05) is 24.7 Å². The predicted molar refractivity (Wildman–Crippen MR) is 112 cm³/mol. The second kappa shape index (κ2) is 8.46. The number of benzene rings is 1. The van der Waals surface area contributed by atoms with E-state index in [0.29, 0.717) is 42.4 Å². The van der Waals surface area contributed by atoms with Gasteiger partial charge in [-0.15, -0.1) is 0 Å². The Morgan fingerprint density at radius 1 is 1.12 bits per heavy atom. The molecular weight excluding hydrogens is 418 g/mol. The Morgan fingerprint density at radius 2 is 2.00 bits per heavy atom. The van der Waals surface area contributed by atoms with Crippen LogP contribution < -0.4 is 4.90 Å². The summed E-state index contributed by atoms with van der Waals surface area (Å²) in [6.45, 7) is 3.64. The van der Waals surface area contributed by atoms with E-state index in [0.717, 1.165) is 6.20 Å². The van der Waals surface area contributed by atoms with Crippen molar-refractivity contribution in [3.05, 3.63) is 66.1 Å². The molecule has 3 aromatic heterocycles. The number of nitrogens with zero attached hydrogens (tertiary/aromatic N) is 6. The molecule has 1 atom stereocenters. The summed E-state index contributed by atoms with van der Waals surface area (Å²) in [7, 11) is 0. The fourth-order valence-electron chi connectivity index (χ4n) is 3.71. The highest BCUT2D eigenvalue weighted by Crippen LogP contribution is 2.27. The van der Waals surface area contributed by atoms with Gasteiger partial charge in [0.2, 0.25) is 0 Å². The zero-order valence-corrected chi connectivity index (χ0v) is 17.3. The van der Waals surface area contributed by atoms with Gasteiger partial charge in [-0.2, -0.15) is 5.10 Å². The zero-order chi connectivity index (χ0) is 22.1. The summed E-state index contributed by atoms with van der Waals surface area (Å²) in [6, 6.07) is 9.88. The molecule has 0 radical (unpaired) electrons. The summed E-state index contributed by atoms with van der Waals surface area (Å²) >= 11 is 0. The molecule has 0 aliphatic carbocycles. The molecule has 1 unspecified atom stereocenters. The van der Waals surface area contributed by atoms with E-state index >= 15 is 0 Å². The molecule has 0 spiro atoms. The fraction of sp³-hybridized carbons (Fsp3) is 0.273. The summed E-state index contributed by atoms with van der Waals surface area (Å²) in [6.07, 6.45) is 2.59. The number of hydrogen-bond acceptors (Lipinski definition) is 7. The molecule has 1 aliphatic rings. The van der Waals surface area contributed by atoms with Crippen LogP contribution in [0.4, 0.5) is 14.6 Å². The highest BCUT2D eigenvalue weighted by molar-refractivity contribution is 5.63. The van der Waals surface area contributed by atoms with Crippen molar-refractivity contribution in [3.63, 3.8) is 0 Å². The van der Waals surface area contributed by atoms with Crippen molar-refractivity contribution in [1.29, 1.82) is 0 Å². The van der Waals surface area contributed by atoms with Gasteiger partial charge in [0.15, 0.2) is 17.5 Å². The van der Waals surface area contributed by atoms with Gasteiger partial charge in [0, 0.05) is 18.2 Å². The average molecular weight is 438 g/mol. The van der Waals surface area contributed by atoms with Gasteiger partial charge >= 0.3 is 0 Å². The topological polar surface area (TPSA) is 82.1 Å². The zero-order valence-electron chi connectivity index (χ0n) is 17.3. The highest BCUT2D eigenvalue weighted by Gasteiger charge is 2.25. The molecule has 8 nitrogen and oxygen atoms in total. The molecule has 1 aromatic carbocycles. The minimum absolute atomic E-state index is 0.0229. The lowest BCUT2D eigenvalue weighted by Crippen LogP contribution is -2.44. The van der Waals surface area contributed by atoms with Gasteiger partial charge in [-0.1, -0.05) is 23.4 Å². The average Bonchev–Trinajstić information content (AvgIpc) is 3.46. The Hall–Kier alpha value is -3.66. The van der Waals surface area contributed by atoms with Gasteiger partial charge in [0.05, 0.1) is 37.7 Å². The van der Waals surface area contributed by atoms with E-state index < -0.39 is 5.82 Å². The molecular formula is C22H20F2N6O2. The predicted octanol–water partition coefficient (Wildman–Crippen LogP) is 3.55. The van der Waals surface area contributed by atoms with Crippen LogP contribution in [-0.4, -0.2) is 50.7 Å². The van der Waals surface area contributed by atoms with Crippen LogP contribution in [0, 0.1) is 11.6 Å². The summed E-state index contributed by atoms with van der Waals surface area (Å²) in [5, 5.41) is 8.57. The second-order valence-corrected chi connectivity index (χ2v) is 7.53. The van der Waals surface area contributed by atoms with Crippen molar-refractivity contribution in [2.24, 2.45) is 0 Å². The smallest absolute Gasteiger partial charge is 0.183 e. The fourth-order valence-corrected chi connectivity index (χ4v) is 3.71. The van der Waals surface area contributed by atoms with Gasteiger partial charge < -0.3 is 14.2 Å². The van der Waals surface area contributed by atoms with E-state index in [1.165, 1.54) is 12.3 Å². The summed E-state index contributed by atoms with van der Waals surface area (Å²) in [5.41, 5.74) is 2.02. The van der Waals surface area contributed by atoms with Crippen molar-refractivity contribution in [1.82, 2.24) is 24.9 Å². The van der Waals surface area contributed by atoms with Crippen molar-refractivity contribution < 1.29 is 18.0 Å². The summed E-state index contributed by atoms with van der Waals surface area (Å²) < 4.78 is 40.9. The molecule has 4 aromatic rings. The van der Waals surface area contributed by atoms with Crippen LogP contribution in [-0.2, 0) is 11.3 Å². The maximum absolute atomic E-state index is 14.6. The third-order valence-electron chi connectivity index (χ3n) is 5.35. The Kier molecular flexibility index (Phi) is 5.36. The van der Waals surface area contributed by atoms with Crippen molar-refractivity contribution >= 4 is 5.82 Å². The van der Waals surface area contributed by atoms with Gasteiger partial charge in [-0.05, 0) is 19.1 Å². The standard InChI is InChI=1S/C22H20F2N6O2/c1-14-13-31-9-7-29(14)22-17(24)11-25-21(26-22)19-10-20(18-6-8-32-28-18)30(27-19)12-15-4-2-3-5-16(15)23/h2-6,8,10-11,14H,7,9,12-13H2,1H3. The molecule has 1 saturated heterocycles. The quantitative estimate of drug-likeness (QED) is 0.471. The van der Waals surface area contributed by atoms with E-state index in [-0.39, 0.29) is 30.0 Å². The first-order valence-electron chi connectivity index (χ1n) is 10.2. The van der Waals surface area contributed by atoms with E-state index in [9.17, 15) is 8.78 Å². The minimum Gasteiger partial charge on any atom is -0.377 e. The molecule has 10 heteroatoms. The van der Waals surface area contributed by atoms with Gasteiger partial charge in [0.1, 0.15) is 23.5 Å². The SMILES string of the molecule is CC1COCCN1c1nc(-c2cc(-c3ccon3)n(Cc3ccccc3F)n2)ncc1F. The number of ether oxygens (including phenoxy) is 1. The molecule has 0 amide bonds. The maximum Gasteiger partial charge on any atom is 0.183 e. The largest absolute Gasteiger partial charge is 0.377 e. The van der Waals surface area contributed by atoms with Gasteiger partial charge in [0.25, 0.3) is 0 Å². The van der Waals surface area contributed by atoms with Crippen LogP contribution in [0.5, 0.6) is 0 Å². The molecule has 1 fully saturated rings. The lowest BCUT2D eigenvalue weighted by atomic mass is 10.2. The van der Waals surface area contributed by atoms with E-state index in [1.54, 1.807) is 35.0 Å². The van der Waals surface area contributed by atoms with Crippen LogP contribution >= 0.6 is 0 Å². The first-order chi connectivity index (χ1) is 15.6. The van der Waals surface area contributed by atoms with Crippen LogP contribution in [0.3, 0.4) is 0 Å². The summed E-state index contributed by atoms with van der Waals surface area (Å²) in [4.78, 5) is 10.5. The number of rotatable bonds is 5. The maximum atomic E-state index is 14.6. The minimum atomic E-state index is -0.509. The Balaban J connectivity index is 1.56. The Morgan fingerprint density at radius 3 is 2.78 bits per heavy atom. The Labute approximate surface area is 182 Å². The number of halogens is 2. The van der Waals surface area contributed by atoms with E-state index in [2.05, 4.69) is 20.2 Å². The van der Waals surface area contributed by atoms with Crippen molar-refractivity contribution in [3.8, 4) is 22.9 Å². The highest BCUT2D eigenvalue weighted by atomic mass is 19.1. The van der Waals surface area contributed by atoms with Crippen LogP contribution in [0.15, 0.2) is 53.4 Å². The lowest BCUT2D eigenvalue weighted by molar-refractivity contribution is 0.0981. The van der Waals surface area contributed by atoms with Crippen LogP contribution in [0.2, 0.25) is 0 Å². The molecule has 32 heavy (non-hydrogen) atoms. The van der Waals surface area contributed by atoms with E-state index in [1.807, 2.05) is 11.8 Å². The number of morpholine rings is 1. The van der Waals surface area contributed by atoms with E-state index in [4.69, 9.17) is 9.26 Å². The van der Waals surface area contributed by atoms with Crippen molar-refractivity contribution in [2.45, 2.75) is 19.5 Å². The van der Waals surface area contributed by atoms with Gasteiger partial charge in [-0.3, -0.25) is 4.68 Å². The molecule has 0 bridgehead atoms. The molecule has 0 saturated carbocycles. The molecule has 164 valence electrons. The normalized spacial score (nSPS) is 16.5. The molecule has 5 rings (SSSR count). The number of hydrogen-bond donors (Lipinski definition) is 0. The lowest BCUT2D eigenvalue weighted by Gasteiger charge is -2.34. The second-order valence-electron chi connectivity index (χ2n) is 7.53. The first-order valence-corrected chi connectivity index (χ1v) is 10.2. The number of anilines is 1. The number of aromatic nitrogens is 5. The summed E-state index contributed by atoms with van der Waals surface area (Å²) in [5.74, 6) is -0.378. The monoisotopic (exact) mass is 438 g/mol. The third kappa shape index (κ3) is 3.84. The Bertz CT molecular complexity index is 1230. The van der Waals surface area contributed by atoms with Gasteiger partial charge in [-0.25, -0.2) is 18.7 Å². The van der Waals surface area contributed by atoms with Crippen LogP contribution in [0.1, 0.15) is 12.5 Å². The molecule has 4 heterocycles.